The highest BCUT2D eigenvalue weighted by atomic mass is 16.5. The first-order valence-corrected chi connectivity index (χ1v) is 6.83. The van der Waals surface area contributed by atoms with Gasteiger partial charge in [0.1, 0.15) is 12.7 Å². The summed E-state index contributed by atoms with van der Waals surface area (Å²) in [5.41, 5.74) is 5.35. The van der Waals surface area contributed by atoms with Gasteiger partial charge in [-0.1, -0.05) is 5.16 Å². The van der Waals surface area contributed by atoms with Crippen LogP contribution in [-0.4, -0.2) is 53.9 Å². The molecule has 7 nitrogen and oxygen atoms in total. The Hall–Kier alpha value is -1.02. The molecule has 2 unspecified atom stereocenters. The van der Waals surface area contributed by atoms with Crippen LogP contribution in [0.15, 0.2) is 4.52 Å². The molecule has 2 N–H and O–H groups in total. The molecule has 0 spiro atoms. The monoisotopic (exact) mass is 268 g/mol. The summed E-state index contributed by atoms with van der Waals surface area (Å²) >= 11 is 0. The molecular formula is C12H20N4O3. The second-order valence-corrected chi connectivity index (χ2v) is 5.00. The van der Waals surface area contributed by atoms with Crippen molar-refractivity contribution < 1.29 is 14.0 Å². The first-order chi connectivity index (χ1) is 9.36. The van der Waals surface area contributed by atoms with E-state index in [-0.39, 0.29) is 6.10 Å². The summed E-state index contributed by atoms with van der Waals surface area (Å²) in [6.45, 7) is 4.06. The predicted octanol–water partition coefficient (Wildman–Crippen LogP) is 0.0806. The van der Waals surface area contributed by atoms with Gasteiger partial charge in [-0.15, -0.1) is 0 Å². The Morgan fingerprint density at radius 2 is 2.42 bits per heavy atom. The summed E-state index contributed by atoms with van der Waals surface area (Å²) in [6, 6.07) is 0.579. The van der Waals surface area contributed by atoms with Crippen LogP contribution in [0.5, 0.6) is 0 Å². The topological polar surface area (TPSA) is 86.6 Å². The van der Waals surface area contributed by atoms with Gasteiger partial charge in [-0.2, -0.15) is 4.98 Å². The molecule has 2 atom stereocenters. The van der Waals surface area contributed by atoms with E-state index in [1.807, 2.05) is 0 Å². The molecule has 2 aliphatic heterocycles. The highest BCUT2D eigenvalue weighted by molar-refractivity contribution is 4.96. The standard InChI is InChI=1S/C12H20N4O3/c13-3-5-17-8-11-14-12(15-19-11)10-6-16-4-1-2-9(16)7-18-10/h9-10H,1-8,13H2. The van der Waals surface area contributed by atoms with Crippen molar-refractivity contribution in [1.82, 2.24) is 15.0 Å². The zero-order chi connectivity index (χ0) is 13.1. The molecule has 3 heterocycles. The third kappa shape index (κ3) is 2.94. The molecule has 3 rings (SSSR count). The first-order valence-electron chi connectivity index (χ1n) is 6.83. The normalized spacial score (nSPS) is 27.6. The summed E-state index contributed by atoms with van der Waals surface area (Å²) in [5, 5.41) is 3.98. The Balaban J connectivity index is 1.56. The van der Waals surface area contributed by atoms with Gasteiger partial charge in [0.25, 0.3) is 5.89 Å². The molecule has 0 aliphatic carbocycles. The molecule has 0 radical (unpaired) electrons. The van der Waals surface area contributed by atoms with Gasteiger partial charge in [0.2, 0.25) is 5.82 Å². The third-order valence-corrected chi connectivity index (χ3v) is 3.65. The first kappa shape index (κ1) is 13.0. The number of morpholine rings is 1. The van der Waals surface area contributed by atoms with E-state index in [4.69, 9.17) is 19.7 Å². The van der Waals surface area contributed by atoms with Gasteiger partial charge in [0.15, 0.2) is 0 Å². The molecule has 1 aromatic heterocycles. The van der Waals surface area contributed by atoms with Crippen LogP contribution in [0, 0.1) is 0 Å². The van der Waals surface area contributed by atoms with Gasteiger partial charge in [-0.05, 0) is 19.4 Å². The van der Waals surface area contributed by atoms with E-state index in [0.29, 0.717) is 37.5 Å². The van der Waals surface area contributed by atoms with Gasteiger partial charge in [-0.3, -0.25) is 4.90 Å². The van der Waals surface area contributed by atoms with E-state index >= 15 is 0 Å². The van der Waals surface area contributed by atoms with Crippen molar-refractivity contribution in [2.24, 2.45) is 5.73 Å². The molecule has 0 saturated carbocycles. The zero-order valence-corrected chi connectivity index (χ0v) is 11.0. The lowest BCUT2D eigenvalue weighted by atomic mass is 10.2. The summed E-state index contributed by atoms with van der Waals surface area (Å²) < 4.78 is 16.2. The molecule has 106 valence electrons. The minimum Gasteiger partial charge on any atom is -0.370 e. The SMILES string of the molecule is NCCOCc1nc(C2CN3CCCC3CO2)no1. The van der Waals surface area contributed by atoms with Gasteiger partial charge >= 0.3 is 0 Å². The maximum atomic E-state index is 5.83. The van der Waals surface area contributed by atoms with Crippen molar-refractivity contribution >= 4 is 0 Å². The molecule has 0 bridgehead atoms. The molecule has 7 heteroatoms. The number of rotatable bonds is 5. The summed E-state index contributed by atoms with van der Waals surface area (Å²) in [7, 11) is 0. The van der Waals surface area contributed by atoms with Crippen molar-refractivity contribution in [2.75, 3.05) is 32.8 Å². The Bertz CT molecular complexity index is 411. The Kier molecular flexibility index (Phi) is 4.07. The second-order valence-electron chi connectivity index (χ2n) is 5.00. The van der Waals surface area contributed by atoms with Crippen molar-refractivity contribution in [2.45, 2.75) is 31.6 Å². The lowest BCUT2D eigenvalue weighted by Crippen LogP contribution is -2.42. The van der Waals surface area contributed by atoms with Gasteiger partial charge < -0.3 is 19.7 Å². The van der Waals surface area contributed by atoms with Crippen LogP contribution in [0.4, 0.5) is 0 Å². The minimum atomic E-state index is -0.0821. The molecule has 0 amide bonds. The van der Waals surface area contributed by atoms with E-state index in [1.54, 1.807) is 0 Å². The third-order valence-electron chi connectivity index (χ3n) is 3.65. The zero-order valence-electron chi connectivity index (χ0n) is 11.0. The molecule has 0 aromatic carbocycles. The van der Waals surface area contributed by atoms with Crippen LogP contribution in [-0.2, 0) is 16.1 Å². The molecule has 2 aliphatic rings. The molecule has 2 fully saturated rings. The highest BCUT2D eigenvalue weighted by Crippen LogP contribution is 2.28. The summed E-state index contributed by atoms with van der Waals surface area (Å²) in [4.78, 5) is 6.78. The fraction of sp³-hybridized carbons (Fsp3) is 0.833. The van der Waals surface area contributed by atoms with Gasteiger partial charge in [-0.25, -0.2) is 0 Å². The van der Waals surface area contributed by atoms with Crippen molar-refractivity contribution in [3.63, 3.8) is 0 Å². The fourth-order valence-corrected chi connectivity index (χ4v) is 2.67. The van der Waals surface area contributed by atoms with E-state index in [0.717, 1.165) is 19.7 Å². The van der Waals surface area contributed by atoms with Crippen molar-refractivity contribution in [3.05, 3.63) is 11.7 Å². The Morgan fingerprint density at radius 3 is 3.32 bits per heavy atom. The molecule has 2 saturated heterocycles. The molecular weight excluding hydrogens is 248 g/mol. The summed E-state index contributed by atoms with van der Waals surface area (Å²) in [6.07, 6.45) is 2.41. The smallest absolute Gasteiger partial charge is 0.252 e. The Morgan fingerprint density at radius 1 is 1.47 bits per heavy atom. The van der Waals surface area contributed by atoms with E-state index in [9.17, 15) is 0 Å². The maximum Gasteiger partial charge on any atom is 0.252 e. The van der Waals surface area contributed by atoms with Crippen LogP contribution < -0.4 is 5.73 Å². The largest absolute Gasteiger partial charge is 0.370 e. The average Bonchev–Trinajstić information content (AvgIpc) is 3.06. The highest BCUT2D eigenvalue weighted by Gasteiger charge is 2.34. The van der Waals surface area contributed by atoms with Crippen molar-refractivity contribution in [1.29, 1.82) is 0 Å². The number of ether oxygens (including phenoxy) is 2. The predicted molar refractivity (Wildman–Crippen MR) is 66.3 cm³/mol. The number of nitrogens with zero attached hydrogens (tertiary/aromatic N) is 3. The van der Waals surface area contributed by atoms with Gasteiger partial charge in [0, 0.05) is 19.1 Å². The van der Waals surface area contributed by atoms with Crippen LogP contribution in [0.1, 0.15) is 30.7 Å². The average molecular weight is 268 g/mol. The number of hydrogen-bond acceptors (Lipinski definition) is 7. The number of nitrogens with two attached hydrogens (primary N) is 1. The number of fused-ring (bicyclic) bond motifs is 1. The number of aromatic nitrogens is 2. The van der Waals surface area contributed by atoms with Crippen LogP contribution >= 0.6 is 0 Å². The fourth-order valence-electron chi connectivity index (χ4n) is 2.67. The molecule has 19 heavy (non-hydrogen) atoms. The summed E-state index contributed by atoms with van der Waals surface area (Å²) in [5.74, 6) is 1.10. The van der Waals surface area contributed by atoms with E-state index in [1.165, 1.54) is 12.8 Å². The minimum absolute atomic E-state index is 0.0821. The molecule has 1 aromatic rings. The van der Waals surface area contributed by atoms with Gasteiger partial charge in [0.05, 0.1) is 13.2 Å². The van der Waals surface area contributed by atoms with Crippen LogP contribution in [0.3, 0.4) is 0 Å². The second kappa shape index (κ2) is 5.96. The van der Waals surface area contributed by atoms with E-state index < -0.39 is 0 Å². The lowest BCUT2D eigenvalue weighted by molar-refractivity contribution is -0.0548. The Labute approximate surface area is 112 Å². The quantitative estimate of drug-likeness (QED) is 0.757. The van der Waals surface area contributed by atoms with Crippen LogP contribution in [0.2, 0.25) is 0 Å². The lowest BCUT2D eigenvalue weighted by Gasteiger charge is -2.33. The maximum absolute atomic E-state index is 5.83. The van der Waals surface area contributed by atoms with Crippen LogP contribution in [0.25, 0.3) is 0 Å². The van der Waals surface area contributed by atoms with Crippen molar-refractivity contribution in [3.8, 4) is 0 Å². The van der Waals surface area contributed by atoms with E-state index in [2.05, 4.69) is 15.0 Å². The number of hydrogen-bond donors (Lipinski definition) is 1.